The Morgan fingerprint density at radius 1 is 1.14 bits per heavy atom. The molecule has 0 fully saturated rings. The fourth-order valence-corrected chi connectivity index (χ4v) is 2.93. The van der Waals surface area contributed by atoms with Crippen molar-refractivity contribution in [3.63, 3.8) is 0 Å². The number of carbonyl (C=O) groups excluding carboxylic acids is 4. The van der Waals surface area contributed by atoms with Gasteiger partial charge in [-0.2, -0.15) is 0 Å². The van der Waals surface area contributed by atoms with E-state index in [9.17, 15) is 19.2 Å². The second-order valence-electron chi connectivity index (χ2n) is 6.31. The van der Waals surface area contributed by atoms with E-state index in [4.69, 9.17) is 4.74 Å². The highest BCUT2D eigenvalue weighted by Gasteiger charge is 2.29. The van der Waals surface area contributed by atoms with Gasteiger partial charge in [0.15, 0.2) is 0 Å². The molecule has 2 aromatic rings. The van der Waals surface area contributed by atoms with Crippen molar-refractivity contribution in [1.82, 2.24) is 10.6 Å². The standard InChI is InChI=1S/C20H20N4O5/c1-21-18(26)11-7-8-16(29-2)14(9-11)22-17(25)10-15-20(28)23-13-6-4-3-5-12(13)19(27)24-15/h3-9,15H,10H2,1-2H3,(H,21,26)(H,22,25)(H,23,28)(H,24,27)/t15-/m1/s1. The number of hydrogen-bond donors (Lipinski definition) is 4. The third-order valence-corrected chi connectivity index (χ3v) is 4.40. The van der Waals surface area contributed by atoms with Crippen molar-refractivity contribution in [2.75, 3.05) is 24.8 Å². The summed E-state index contributed by atoms with van der Waals surface area (Å²) in [6.45, 7) is 0. The summed E-state index contributed by atoms with van der Waals surface area (Å²) in [4.78, 5) is 49.2. The molecule has 0 saturated carbocycles. The number of para-hydroxylation sites is 1. The highest BCUT2D eigenvalue weighted by Crippen LogP contribution is 2.26. The monoisotopic (exact) mass is 396 g/mol. The van der Waals surface area contributed by atoms with E-state index in [1.165, 1.54) is 20.2 Å². The Morgan fingerprint density at radius 2 is 1.90 bits per heavy atom. The zero-order valence-corrected chi connectivity index (χ0v) is 15.9. The molecule has 3 rings (SSSR count). The van der Waals surface area contributed by atoms with Crippen LogP contribution in [0.2, 0.25) is 0 Å². The molecule has 4 amide bonds. The molecule has 0 bridgehead atoms. The van der Waals surface area contributed by atoms with Gasteiger partial charge in [0.1, 0.15) is 11.8 Å². The van der Waals surface area contributed by atoms with Crippen molar-refractivity contribution in [2.24, 2.45) is 0 Å². The zero-order valence-electron chi connectivity index (χ0n) is 15.9. The molecule has 0 spiro atoms. The molecule has 1 aliphatic heterocycles. The second kappa shape index (κ2) is 8.42. The van der Waals surface area contributed by atoms with E-state index >= 15 is 0 Å². The number of amides is 4. The lowest BCUT2D eigenvalue weighted by molar-refractivity contribution is -0.122. The van der Waals surface area contributed by atoms with E-state index in [0.717, 1.165) is 0 Å². The Morgan fingerprint density at radius 3 is 2.62 bits per heavy atom. The number of rotatable bonds is 5. The van der Waals surface area contributed by atoms with E-state index in [-0.39, 0.29) is 18.0 Å². The number of benzene rings is 2. The van der Waals surface area contributed by atoms with Crippen molar-refractivity contribution < 1.29 is 23.9 Å². The fourth-order valence-electron chi connectivity index (χ4n) is 2.93. The van der Waals surface area contributed by atoms with E-state index in [2.05, 4.69) is 21.3 Å². The molecule has 0 saturated heterocycles. The summed E-state index contributed by atoms with van der Waals surface area (Å²) in [5, 5.41) is 10.3. The van der Waals surface area contributed by atoms with Gasteiger partial charge in [-0.3, -0.25) is 19.2 Å². The smallest absolute Gasteiger partial charge is 0.254 e. The largest absolute Gasteiger partial charge is 0.495 e. The Kier molecular flexibility index (Phi) is 5.77. The molecule has 0 aromatic heterocycles. The fraction of sp³-hybridized carbons (Fsp3) is 0.200. The molecular weight excluding hydrogens is 376 g/mol. The zero-order chi connectivity index (χ0) is 21.0. The van der Waals surface area contributed by atoms with Crippen molar-refractivity contribution >= 4 is 35.0 Å². The molecule has 1 heterocycles. The topological polar surface area (TPSA) is 126 Å². The van der Waals surface area contributed by atoms with Gasteiger partial charge < -0.3 is 26.0 Å². The van der Waals surface area contributed by atoms with Crippen LogP contribution >= 0.6 is 0 Å². The van der Waals surface area contributed by atoms with E-state index < -0.39 is 23.8 Å². The minimum Gasteiger partial charge on any atom is -0.495 e. The Hall–Kier alpha value is -3.88. The molecular formula is C20H20N4O5. The Bertz CT molecular complexity index is 989. The lowest BCUT2D eigenvalue weighted by Crippen LogP contribution is -2.43. The molecule has 9 nitrogen and oxygen atoms in total. The first kappa shape index (κ1) is 19.9. The van der Waals surface area contributed by atoms with Gasteiger partial charge in [-0.1, -0.05) is 12.1 Å². The SMILES string of the molecule is CNC(=O)c1ccc(OC)c(NC(=O)C[C@H]2NC(=O)c3ccccc3NC2=O)c1. The number of anilines is 2. The van der Waals surface area contributed by atoms with Crippen molar-refractivity contribution in [2.45, 2.75) is 12.5 Å². The first-order valence-electron chi connectivity index (χ1n) is 8.83. The van der Waals surface area contributed by atoms with Crippen molar-refractivity contribution in [3.8, 4) is 5.75 Å². The quantitative estimate of drug-likeness (QED) is 0.603. The second-order valence-corrected chi connectivity index (χ2v) is 6.31. The third kappa shape index (κ3) is 4.34. The average Bonchev–Trinajstić information content (AvgIpc) is 2.83. The molecule has 29 heavy (non-hydrogen) atoms. The van der Waals surface area contributed by atoms with Crippen LogP contribution in [0.5, 0.6) is 5.75 Å². The number of hydrogen-bond acceptors (Lipinski definition) is 5. The van der Waals surface area contributed by atoms with Gasteiger partial charge in [0.2, 0.25) is 11.8 Å². The summed E-state index contributed by atoms with van der Waals surface area (Å²) in [5.41, 5.74) is 1.32. The van der Waals surface area contributed by atoms with E-state index in [1.807, 2.05) is 0 Å². The van der Waals surface area contributed by atoms with Gasteiger partial charge in [0.05, 0.1) is 30.5 Å². The van der Waals surface area contributed by atoms with Crippen LogP contribution in [0.4, 0.5) is 11.4 Å². The molecule has 0 radical (unpaired) electrons. The lowest BCUT2D eigenvalue weighted by Gasteiger charge is -2.16. The van der Waals surface area contributed by atoms with Crippen LogP contribution in [0.25, 0.3) is 0 Å². The Labute approximate surface area is 166 Å². The molecule has 9 heteroatoms. The number of carbonyl (C=O) groups is 4. The maximum Gasteiger partial charge on any atom is 0.254 e. The summed E-state index contributed by atoms with van der Waals surface area (Å²) in [5.74, 6) is -1.44. The molecule has 2 aromatic carbocycles. The predicted octanol–water partition coefficient (Wildman–Crippen LogP) is 1.13. The molecule has 150 valence electrons. The molecule has 4 N–H and O–H groups in total. The molecule has 1 atom stereocenters. The summed E-state index contributed by atoms with van der Waals surface area (Å²) in [6.07, 6.45) is -0.293. The lowest BCUT2D eigenvalue weighted by atomic mass is 10.1. The average molecular weight is 396 g/mol. The van der Waals surface area contributed by atoms with Crippen LogP contribution in [-0.4, -0.2) is 43.8 Å². The van der Waals surface area contributed by atoms with Crippen molar-refractivity contribution in [1.29, 1.82) is 0 Å². The van der Waals surface area contributed by atoms with Crippen molar-refractivity contribution in [3.05, 3.63) is 53.6 Å². The van der Waals surface area contributed by atoms with Crippen LogP contribution in [-0.2, 0) is 9.59 Å². The maximum absolute atomic E-state index is 12.5. The molecule has 0 unspecified atom stereocenters. The van der Waals surface area contributed by atoms with E-state index in [0.29, 0.717) is 22.6 Å². The van der Waals surface area contributed by atoms with Crippen LogP contribution in [0.1, 0.15) is 27.1 Å². The summed E-state index contributed by atoms with van der Waals surface area (Å²) in [7, 11) is 2.93. The Balaban J connectivity index is 1.75. The van der Waals surface area contributed by atoms with Gasteiger partial charge in [0, 0.05) is 12.6 Å². The van der Waals surface area contributed by atoms with E-state index in [1.54, 1.807) is 36.4 Å². The van der Waals surface area contributed by atoms with Crippen LogP contribution in [0, 0.1) is 0 Å². The first-order chi connectivity index (χ1) is 13.9. The summed E-state index contributed by atoms with van der Waals surface area (Å²) in [6, 6.07) is 10.1. The molecule has 0 aliphatic carbocycles. The minimum atomic E-state index is -1.05. The van der Waals surface area contributed by atoms with Gasteiger partial charge in [-0.15, -0.1) is 0 Å². The highest BCUT2D eigenvalue weighted by atomic mass is 16.5. The predicted molar refractivity (Wildman–Crippen MR) is 106 cm³/mol. The summed E-state index contributed by atoms with van der Waals surface area (Å²) < 4.78 is 5.21. The van der Waals surface area contributed by atoms with Crippen LogP contribution in [0.3, 0.4) is 0 Å². The first-order valence-corrected chi connectivity index (χ1v) is 8.83. The normalized spacial score (nSPS) is 15.3. The maximum atomic E-state index is 12.5. The summed E-state index contributed by atoms with van der Waals surface area (Å²) >= 11 is 0. The number of methoxy groups -OCH3 is 1. The number of nitrogens with one attached hydrogen (secondary N) is 4. The van der Waals surface area contributed by atoms with Gasteiger partial charge >= 0.3 is 0 Å². The molecule has 1 aliphatic rings. The van der Waals surface area contributed by atoms with Gasteiger partial charge in [0.25, 0.3) is 11.8 Å². The van der Waals surface area contributed by atoms with Crippen LogP contribution < -0.4 is 26.0 Å². The van der Waals surface area contributed by atoms with Crippen LogP contribution in [0.15, 0.2) is 42.5 Å². The van der Waals surface area contributed by atoms with Gasteiger partial charge in [-0.25, -0.2) is 0 Å². The number of fused-ring (bicyclic) bond motifs is 1. The third-order valence-electron chi connectivity index (χ3n) is 4.40. The highest BCUT2D eigenvalue weighted by molar-refractivity contribution is 6.11. The minimum absolute atomic E-state index is 0.280. The number of ether oxygens (including phenoxy) is 1. The van der Waals surface area contributed by atoms with Gasteiger partial charge in [-0.05, 0) is 30.3 Å².